The molecule has 1 atom stereocenters. The fourth-order valence-corrected chi connectivity index (χ4v) is 2.78. The van der Waals surface area contributed by atoms with Crippen molar-refractivity contribution in [2.24, 2.45) is 5.92 Å². The van der Waals surface area contributed by atoms with E-state index >= 15 is 0 Å². The van der Waals surface area contributed by atoms with Crippen LogP contribution in [-0.4, -0.2) is 25.0 Å². The van der Waals surface area contributed by atoms with Gasteiger partial charge in [0.05, 0.1) is 7.11 Å². The summed E-state index contributed by atoms with van der Waals surface area (Å²) in [5.74, 6) is 0.305. The van der Waals surface area contributed by atoms with Crippen LogP contribution in [0.2, 0.25) is 0 Å². The second kappa shape index (κ2) is 9.04. The maximum atomic E-state index is 12.6. The van der Waals surface area contributed by atoms with Crippen molar-refractivity contribution in [3.63, 3.8) is 0 Å². The molecule has 0 unspecified atom stereocenters. The lowest BCUT2D eigenvalue weighted by atomic mass is 10.0. The summed E-state index contributed by atoms with van der Waals surface area (Å²) >= 11 is 0. The number of methoxy groups -OCH3 is 1. The fourth-order valence-electron chi connectivity index (χ4n) is 2.78. The van der Waals surface area contributed by atoms with Crippen LogP contribution in [0.25, 0.3) is 0 Å². The van der Waals surface area contributed by atoms with E-state index in [0.717, 1.165) is 16.9 Å². The van der Waals surface area contributed by atoms with E-state index in [1.807, 2.05) is 44.2 Å². The molecule has 2 aromatic rings. The topological polar surface area (TPSA) is 67.4 Å². The van der Waals surface area contributed by atoms with E-state index in [9.17, 15) is 9.59 Å². The van der Waals surface area contributed by atoms with Gasteiger partial charge in [0.25, 0.3) is 0 Å². The predicted molar refractivity (Wildman–Crippen MR) is 103 cm³/mol. The highest BCUT2D eigenvalue weighted by Crippen LogP contribution is 2.25. The van der Waals surface area contributed by atoms with Gasteiger partial charge in [0.2, 0.25) is 11.8 Å². The molecule has 0 bridgehead atoms. The number of amides is 2. The molecule has 0 aliphatic rings. The highest BCUT2D eigenvalue weighted by atomic mass is 16.5. The summed E-state index contributed by atoms with van der Waals surface area (Å²) in [4.78, 5) is 23.9. The summed E-state index contributed by atoms with van der Waals surface area (Å²) in [6, 6.07) is 15.1. The van der Waals surface area contributed by atoms with Crippen molar-refractivity contribution < 1.29 is 14.3 Å². The van der Waals surface area contributed by atoms with E-state index in [0.29, 0.717) is 12.1 Å². The Kier molecular flexibility index (Phi) is 6.78. The maximum Gasteiger partial charge on any atom is 0.247 e. The van der Waals surface area contributed by atoms with E-state index in [4.69, 9.17) is 4.74 Å². The molecule has 0 aliphatic carbocycles. The Hall–Kier alpha value is -2.82. The lowest BCUT2D eigenvalue weighted by Crippen LogP contribution is -2.46. The zero-order valence-electron chi connectivity index (χ0n) is 15.7. The monoisotopic (exact) mass is 354 g/mol. The fraction of sp³-hybridized carbons (Fsp3) is 0.333. The second-order valence-electron chi connectivity index (χ2n) is 6.60. The van der Waals surface area contributed by atoms with Crippen LogP contribution < -0.4 is 15.4 Å². The number of carbonyl (C=O) groups excluding carboxylic acids is 2. The van der Waals surface area contributed by atoms with Crippen LogP contribution in [-0.2, 0) is 16.0 Å². The third kappa shape index (κ3) is 5.34. The number of benzene rings is 2. The van der Waals surface area contributed by atoms with Gasteiger partial charge in [-0.15, -0.1) is 0 Å². The first-order valence-electron chi connectivity index (χ1n) is 8.69. The number of ether oxygens (including phenoxy) is 1. The molecule has 2 amide bonds. The highest BCUT2D eigenvalue weighted by Gasteiger charge is 2.23. The Bertz CT molecular complexity index is 757. The molecule has 0 spiro atoms. The minimum Gasteiger partial charge on any atom is -0.496 e. The molecule has 0 radical (unpaired) electrons. The molecule has 26 heavy (non-hydrogen) atoms. The van der Waals surface area contributed by atoms with Crippen LogP contribution >= 0.6 is 0 Å². The minimum atomic E-state index is -0.577. The summed E-state index contributed by atoms with van der Waals surface area (Å²) in [5, 5.41) is 5.60. The van der Waals surface area contributed by atoms with Crippen molar-refractivity contribution in [3.8, 4) is 5.75 Å². The van der Waals surface area contributed by atoms with E-state index in [-0.39, 0.29) is 17.7 Å². The van der Waals surface area contributed by atoms with Crippen molar-refractivity contribution >= 4 is 17.5 Å². The summed E-state index contributed by atoms with van der Waals surface area (Å²) in [5.41, 5.74) is 2.82. The van der Waals surface area contributed by atoms with Crippen LogP contribution in [0.4, 0.5) is 5.69 Å². The zero-order chi connectivity index (χ0) is 19.1. The van der Waals surface area contributed by atoms with Crippen molar-refractivity contribution in [1.82, 2.24) is 5.32 Å². The maximum absolute atomic E-state index is 12.6. The van der Waals surface area contributed by atoms with Crippen LogP contribution in [0, 0.1) is 5.92 Å². The van der Waals surface area contributed by atoms with Gasteiger partial charge in [-0.05, 0) is 29.7 Å². The summed E-state index contributed by atoms with van der Waals surface area (Å²) in [6.45, 7) is 5.21. The highest BCUT2D eigenvalue weighted by molar-refractivity contribution is 5.97. The molecule has 0 aromatic heterocycles. The number of carbonyl (C=O) groups is 2. The molecule has 0 heterocycles. The predicted octanol–water partition coefficient (Wildman–Crippen LogP) is 3.39. The molecular weight excluding hydrogens is 328 g/mol. The number of anilines is 1. The molecule has 5 heteroatoms. The number of hydrogen-bond acceptors (Lipinski definition) is 3. The van der Waals surface area contributed by atoms with Gasteiger partial charge in [-0.1, -0.05) is 44.2 Å². The molecule has 0 fully saturated rings. The van der Waals surface area contributed by atoms with Crippen LogP contribution in [0.15, 0.2) is 48.5 Å². The molecule has 2 rings (SSSR count). The molecule has 0 aliphatic heterocycles. The zero-order valence-corrected chi connectivity index (χ0v) is 15.7. The van der Waals surface area contributed by atoms with E-state index < -0.39 is 6.04 Å². The third-order valence-electron chi connectivity index (χ3n) is 4.09. The first kappa shape index (κ1) is 19.5. The van der Waals surface area contributed by atoms with Crippen molar-refractivity contribution in [2.45, 2.75) is 33.2 Å². The lowest BCUT2D eigenvalue weighted by Gasteiger charge is -2.21. The standard InChI is InChI=1S/C21H26N2O3/c1-14(2)20(22-15(3)24)21(25)23-18-10-11-19(26-4)17(13-18)12-16-8-6-5-7-9-16/h5-11,13-14,20H,12H2,1-4H3,(H,22,24)(H,23,25)/t20-/m0/s1. The molecule has 5 nitrogen and oxygen atoms in total. The second-order valence-corrected chi connectivity index (χ2v) is 6.60. The largest absolute Gasteiger partial charge is 0.496 e. The van der Waals surface area contributed by atoms with Crippen LogP contribution in [0.1, 0.15) is 31.9 Å². The van der Waals surface area contributed by atoms with Crippen LogP contribution in [0.3, 0.4) is 0 Å². The van der Waals surface area contributed by atoms with Gasteiger partial charge in [-0.25, -0.2) is 0 Å². The third-order valence-corrected chi connectivity index (χ3v) is 4.09. The normalized spacial score (nSPS) is 11.7. The minimum absolute atomic E-state index is 0.0130. The first-order valence-corrected chi connectivity index (χ1v) is 8.69. The number of nitrogens with one attached hydrogen (secondary N) is 2. The van der Waals surface area contributed by atoms with Gasteiger partial charge in [-0.2, -0.15) is 0 Å². The first-order chi connectivity index (χ1) is 12.4. The van der Waals surface area contributed by atoms with Gasteiger partial charge < -0.3 is 15.4 Å². The summed E-state index contributed by atoms with van der Waals surface area (Å²) in [7, 11) is 1.63. The average molecular weight is 354 g/mol. The molecule has 138 valence electrons. The molecule has 2 N–H and O–H groups in total. The van der Waals surface area contributed by atoms with E-state index in [1.165, 1.54) is 6.92 Å². The van der Waals surface area contributed by atoms with Crippen molar-refractivity contribution in [3.05, 3.63) is 59.7 Å². The quantitative estimate of drug-likeness (QED) is 0.801. The van der Waals surface area contributed by atoms with Gasteiger partial charge in [0.1, 0.15) is 11.8 Å². The van der Waals surface area contributed by atoms with Gasteiger partial charge >= 0.3 is 0 Å². The SMILES string of the molecule is COc1ccc(NC(=O)[C@@H](NC(C)=O)C(C)C)cc1Cc1ccccc1. The summed E-state index contributed by atoms with van der Waals surface area (Å²) in [6.07, 6.45) is 0.701. The van der Waals surface area contributed by atoms with E-state index in [2.05, 4.69) is 22.8 Å². The Labute approximate surface area is 154 Å². The van der Waals surface area contributed by atoms with Gasteiger partial charge in [0.15, 0.2) is 0 Å². The van der Waals surface area contributed by atoms with Crippen LogP contribution in [0.5, 0.6) is 5.75 Å². The Morgan fingerprint density at radius 3 is 2.35 bits per heavy atom. The van der Waals surface area contributed by atoms with Gasteiger partial charge in [0, 0.05) is 24.6 Å². The smallest absolute Gasteiger partial charge is 0.247 e. The van der Waals surface area contributed by atoms with E-state index in [1.54, 1.807) is 13.2 Å². The van der Waals surface area contributed by atoms with Crippen molar-refractivity contribution in [1.29, 1.82) is 0 Å². The lowest BCUT2D eigenvalue weighted by molar-refractivity contribution is -0.126. The Morgan fingerprint density at radius 1 is 1.08 bits per heavy atom. The molecule has 2 aromatic carbocycles. The molecular formula is C21H26N2O3. The average Bonchev–Trinajstić information content (AvgIpc) is 2.60. The molecule has 0 saturated heterocycles. The van der Waals surface area contributed by atoms with Gasteiger partial charge in [-0.3, -0.25) is 9.59 Å². The Balaban J connectivity index is 2.20. The molecule has 0 saturated carbocycles. The Morgan fingerprint density at radius 2 is 1.77 bits per heavy atom. The number of rotatable bonds is 7. The summed E-state index contributed by atoms with van der Waals surface area (Å²) < 4.78 is 5.45. The van der Waals surface area contributed by atoms with Crippen molar-refractivity contribution in [2.75, 3.05) is 12.4 Å². The number of hydrogen-bond donors (Lipinski definition) is 2.